The van der Waals surface area contributed by atoms with Crippen molar-refractivity contribution >= 4 is 16.5 Å². The van der Waals surface area contributed by atoms with Crippen LogP contribution in [0.1, 0.15) is 30.0 Å². The van der Waals surface area contributed by atoms with Gasteiger partial charge >= 0.3 is 0 Å². The minimum Gasteiger partial charge on any atom is -0.371 e. The number of nitrogens with one attached hydrogen (secondary N) is 1. The van der Waals surface area contributed by atoms with Crippen LogP contribution in [-0.4, -0.2) is 23.0 Å². The first-order valence-electron chi connectivity index (χ1n) is 7.24. The molecule has 0 saturated carbocycles. The molecule has 2 nitrogen and oxygen atoms in total. The summed E-state index contributed by atoms with van der Waals surface area (Å²) in [5, 5.41) is 1.35. The topological polar surface area (TPSA) is 19.0 Å². The van der Waals surface area contributed by atoms with Crippen LogP contribution in [0.2, 0.25) is 0 Å². The molecule has 0 bridgehead atoms. The highest BCUT2D eigenvalue weighted by atomic mass is 15.1. The summed E-state index contributed by atoms with van der Waals surface area (Å²) >= 11 is 0. The van der Waals surface area contributed by atoms with Gasteiger partial charge in [-0.2, -0.15) is 0 Å². The van der Waals surface area contributed by atoms with E-state index in [2.05, 4.69) is 61.6 Å². The molecule has 0 atom stereocenters. The third-order valence-corrected chi connectivity index (χ3v) is 4.39. The number of H-pyrrole nitrogens is 1. The third-order valence-electron chi connectivity index (χ3n) is 4.39. The van der Waals surface area contributed by atoms with Crippen molar-refractivity contribution in [3.05, 3.63) is 53.4 Å². The second-order valence-corrected chi connectivity index (χ2v) is 5.85. The van der Waals surface area contributed by atoms with Crippen molar-refractivity contribution in [3.8, 4) is 0 Å². The third kappa shape index (κ3) is 2.15. The fourth-order valence-electron chi connectivity index (χ4n) is 2.91. The van der Waals surface area contributed by atoms with Gasteiger partial charge in [0.25, 0.3) is 0 Å². The van der Waals surface area contributed by atoms with Gasteiger partial charge in [0.1, 0.15) is 0 Å². The molecule has 104 valence electrons. The van der Waals surface area contributed by atoms with Crippen molar-refractivity contribution in [2.45, 2.75) is 27.2 Å². The number of aromatic amines is 1. The molecule has 0 amide bonds. The molecule has 1 N–H and O–H groups in total. The number of hydrogen-bond acceptors (Lipinski definition) is 1. The van der Waals surface area contributed by atoms with Gasteiger partial charge in [-0.1, -0.05) is 12.7 Å². The second-order valence-electron chi connectivity index (χ2n) is 5.85. The van der Waals surface area contributed by atoms with E-state index >= 15 is 0 Å². The van der Waals surface area contributed by atoms with E-state index in [1.165, 1.54) is 33.2 Å². The number of nitrogens with zero attached hydrogens (tertiary/aromatic N) is 1. The van der Waals surface area contributed by atoms with E-state index in [1.54, 1.807) is 0 Å². The van der Waals surface area contributed by atoms with Crippen LogP contribution in [0.3, 0.4) is 0 Å². The van der Waals surface area contributed by atoms with Gasteiger partial charge in [-0.3, -0.25) is 0 Å². The lowest BCUT2D eigenvalue weighted by Crippen LogP contribution is -2.26. The van der Waals surface area contributed by atoms with Crippen LogP contribution in [-0.2, 0) is 0 Å². The summed E-state index contributed by atoms with van der Waals surface area (Å²) in [6, 6.07) is 4.56. The molecule has 0 fully saturated rings. The lowest BCUT2D eigenvalue weighted by Gasteiger charge is -2.28. The Bertz CT molecular complexity index is 704. The SMILES string of the molecule is C=C(C)N1CC=C(c2c[nH]c3cc(C)c(C)cc23)CC1. The highest BCUT2D eigenvalue weighted by molar-refractivity contribution is 5.93. The van der Waals surface area contributed by atoms with Crippen molar-refractivity contribution in [1.29, 1.82) is 0 Å². The van der Waals surface area contributed by atoms with Crippen LogP contribution >= 0.6 is 0 Å². The molecule has 3 rings (SSSR count). The molecular formula is C18H22N2. The molecule has 0 spiro atoms. The van der Waals surface area contributed by atoms with Crippen molar-refractivity contribution in [3.63, 3.8) is 0 Å². The van der Waals surface area contributed by atoms with Crippen LogP contribution in [0, 0.1) is 13.8 Å². The highest BCUT2D eigenvalue weighted by Gasteiger charge is 2.15. The van der Waals surface area contributed by atoms with Gasteiger partial charge in [0.15, 0.2) is 0 Å². The molecule has 0 radical (unpaired) electrons. The fraction of sp³-hybridized carbons (Fsp3) is 0.333. The molecular weight excluding hydrogens is 244 g/mol. The number of aryl methyl sites for hydroxylation is 2. The first-order chi connectivity index (χ1) is 9.56. The Hall–Kier alpha value is -1.96. The molecule has 2 heterocycles. The normalized spacial score (nSPS) is 15.6. The zero-order valence-electron chi connectivity index (χ0n) is 12.6. The summed E-state index contributed by atoms with van der Waals surface area (Å²) < 4.78 is 0. The Morgan fingerprint density at radius 2 is 2.00 bits per heavy atom. The minimum atomic E-state index is 0.974. The predicted octanol–water partition coefficient (Wildman–Crippen LogP) is 4.41. The number of hydrogen-bond donors (Lipinski definition) is 1. The van der Waals surface area contributed by atoms with Gasteiger partial charge in [-0.15, -0.1) is 0 Å². The molecule has 1 aromatic heterocycles. The zero-order chi connectivity index (χ0) is 14.3. The maximum absolute atomic E-state index is 4.03. The fourth-order valence-corrected chi connectivity index (χ4v) is 2.91. The number of allylic oxidation sites excluding steroid dienone is 1. The van der Waals surface area contributed by atoms with Crippen molar-refractivity contribution in [2.75, 3.05) is 13.1 Å². The molecule has 1 aromatic carbocycles. The summed E-state index contributed by atoms with van der Waals surface area (Å²) in [5.74, 6) is 0. The minimum absolute atomic E-state index is 0.974. The maximum Gasteiger partial charge on any atom is 0.0463 e. The first-order valence-corrected chi connectivity index (χ1v) is 7.24. The molecule has 0 aliphatic carbocycles. The van der Waals surface area contributed by atoms with E-state index in [1.807, 2.05) is 0 Å². The Labute approximate surface area is 120 Å². The maximum atomic E-state index is 4.03. The smallest absolute Gasteiger partial charge is 0.0463 e. The molecule has 0 unspecified atom stereocenters. The van der Waals surface area contributed by atoms with Gasteiger partial charge in [-0.25, -0.2) is 0 Å². The van der Waals surface area contributed by atoms with Crippen LogP contribution in [0.15, 0.2) is 36.7 Å². The Morgan fingerprint density at radius 3 is 2.65 bits per heavy atom. The molecule has 1 aliphatic heterocycles. The van der Waals surface area contributed by atoms with E-state index in [0.29, 0.717) is 0 Å². The standard InChI is InChI=1S/C18H22N2/c1-12(2)20-7-5-15(6-8-20)17-11-19-18-10-14(4)13(3)9-16(17)18/h5,9-11,19H,1,6-8H2,2-4H3. The van der Waals surface area contributed by atoms with Crippen molar-refractivity contribution in [1.82, 2.24) is 9.88 Å². The Morgan fingerprint density at radius 1 is 1.25 bits per heavy atom. The number of aromatic nitrogens is 1. The quantitative estimate of drug-likeness (QED) is 0.853. The van der Waals surface area contributed by atoms with Crippen LogP contribution in [0.25, 0.3) is 16.5 Å². The summed E-state index contributed by atoms with van der Waals surface area (Å²) in [4.78, 5) is 5.74. The van der Waals surface area contributed by atoms with Gasteiger partial charge < -0.3 is 9.88 Å². The Kier molecular flexibility index (Phi) is 3.17. The average molecular weight is 266 g/mol. The summed E-state index contributed by atoms with van der Waals surface area (Å²) in [6.07, 6.45) is 5.59. The van der Waals surface area contributed by atoms with Gasteiger partial charge in [0, 0.05) is 41.4 Å². The molecule has 2 heteroatoms. The van der Waals surface area contributed by atoms with Crippen molar-refractivity contribution < 1.29 is 0 Å². The first kappa shape index (κ1) is 13.0. The summed E-state index contributed by atoms with van der Waals surface area (Å²) in [6.45, 7) is 12.5. The largest absolute Gasteiger partial charge is 0.371 e. The molecule has 0 saturated heterocycles. The molecule has 1 aliphatic rings. The highest BCUT2D eigenvalue weighted by Crippen LogP contribution is 2.31. The van der Waals surface area contributed by atoms with E-state index in [-0.39, 0.29) is 0 Å². The zero-order valence-corrected chi connectivity index (χ0v) is 12.6. The van der Waals surface area contributed by atoms with Crippen LogP contribution < -0.4 is 0 Å². The summed E-state index contributed by atoms with van der Waals surface area (Å²) in [5.41, 5.74) is 7.92. The van der Waals surface area contributed by atoms with Crippen LogP contribution in [0.4, 0.5) is 0 Å². The van der Waals surface area contributed by atoms with Crippen molar-refractivity contribution in [2.24, 2.45) is 0 Å². The monoisotopic (exact) mass is 266 g/mol. The number of fused-ring (bicyclic) bond motifs is 1. The van der Waals surface area contributed by atoms with E-state index in [9.17, 15) is 0 Å². The lowest BCUT2D eigenvalue weighted by atomic mass is 9.97. The molecule has 2 aromatic rings. The second kappa shape index (κ2) is 4.86. The van der Waals surface area contributed by atoms with E-state index in [4.69, 9.17) is 0 Å². The molecule has 20 heavy (non-hydrogen) atoms. The average Bonchev–Trinajstić information content (AvgIpc) is 2.82. The lowest BCUT2D eigenvalue weighted by molar-refractivity contribution is 0.381. The Balaban J connectivity index is 1.99. The van der Waals surface area contributed by atoms with Gasteiger partial charge in [0.2, 0.25) is 0 Å². The van der Waals surface area contributed by atoms with Crippen LogP contribution in [0.5, 0.6) is 0 Å². The predicted molar refractivity (Wildman–Crippen MR) is 86.8 cm³/mol. The van der Waals surface area contributed by atoms with Gasteiger partial charge in [-0.05, 0) is 56.0 Å². The summed E-state index contributed by atoms with van der Waals surface area (Å²) in [7, 11) is 0. The van der Waals surface area contributed by atoms with E-state index < -0.39 is 0 Å². The number of benzene rings is 1. The number of rotatable bonds is 2. The van der Waals surface area contributed by atoms with Gasteiger partial charge in [0.05, 0.1) is 0 Å². The van der Waals surface area contributed by atoms with E-state index in [0.717, 1.165) is 25.2 Å².